The lowest BCUT2D eigenvalue weighted by atomic mass is 9.64. The fraction of sp³-hybridized carbons (Fsp3) is 0.474. The topological polar surface area (TPSA) is 39.3 Å². The maximum Gasteiger partial charge on any atom is 0.0514 e. The molecule has 1 aromatic carbocycles. The smallest absolute Gasteiger partial charge is 0.0514 e. The Bertz CT molecular complexity index is 775. The highest BCUT2D eigenvalue weighted by Gasteiger charge is 2.52. The van der Waals surface area contributed by atoms with Crippen molar-refractivity contribution < 1.29 is 5.11 Å². The normalized spacial score (nSPS) is 37.7. The fourth-order valence-electron chi connectivity index (χ4n) is 5.32. The van der Waals surface area contributed by atoms with Crippen molar-refractivity contribution in [3.05, 3.63) is 47.2 Å². The van der Waals surface area contributed by atoms with Crippen LogP contribution in [0.15, 0.2) is 35.9 Å². The number of nitrogens with zero attached hydrogens (tertiary/aromatic N) is 1. The van der Waals surface area contributed by atoms with Crippen molar-refractivity contribution in [2.24, 2.45) is 11.8 Å². The second-order valence-corrected chi connectivity index (χ2v) is 7.07. The first-order valence-electron chi connectivity index (χ1n) is 8.43. The third kappa shape index (κ3) is 1.48. The second kappa shape index (κ2) is 4.46. The van der Waals surface area contributed by atoms with Crippen molar-refractivity contribution in [2.45, 2.75) is 31.8 Å². The van der Waals surface area contributed by atoms with Crippen LogP contribution in [0.5, 0.6) is 0 Å². The number of hydrogen-bond donors (Lipinski definition) is 2. The van der Waals surface area contributed by atoms with Crippen LogP contribution in [0.25, 0.3) is 10.9 Å². The van der Waals surface area contributed by atoms with Gasteiger partial charge in [0.25, 0.3) is 0 Å². The van der Waals surface area contributed by atoms with Gasteiger partial charge < -0.3 is 10.1 Å². The lowest BCUT2D eigenvalue weighted by Crippen LogP contribution is -2.60. The number of rotatable bonds is 1. The number of para-hydroxylation sites is 1. The number of aliphatic hydroxyl groups is 1. The van der Waals surface area contributed by atoms with E-state index in [1.165, 1.54) is 27.7 Å². The van der Waals surface area contributed by atoms with Crippen LogP contribution in [-0.2, 0) is 6.42 Å². The van der Waals surface area contributed by atoms with Gasteiger partial charge in [-0.2, -0.15) is 0 Å². The third-order valence-corrected chi connectivity index (χ3v) is 6.33. The van der Waals surface area contributed by atoms with Crippen molar-refractivity contribution in [1.82, 2.24) is 9.88 Å². The van der Waals surface area contributed by atoms with Crippen LogP contribution in [0.2, 0.25) is 0 Å². The SMILES string of the molecule is C/C=C1\CN2[C@H]3C[C@@H]1[C@H](CO)[C@@H]2Cc1c3[nH]c2ccccc12. The zero-order chi connectivity index (χ0) is 14.8. The summed E-state index contributed by atoms with van der Waals surface area (Å²) < 4.78 is 0. The molecular formula is C19H22N2O. The van der Waals surface area contributed by atoms with Gasteiger partial charge in [-0.05, 0) is 37.3 Å². The molecule has 0 aliphatic carbocycles. The minimum Gasteiger partial charge on any atom is -0.396 e. The number of benzene rings is 1. The van der Waals surface area contributed by atoms with Gasteiger partial charge in [-0.3, -0.25) is 4.90 Å². The van der Waals surface area contributed by atoms with Gasteiger partial charge in [0.1, 0.15) is 0 Å². The summed E-state index contributed by atoms with van der Waals surface area (Å²) in [5.74, 6) is 0.965. The predicted octanol–water partition coefficient (Wildman–Crippen LogP) is 3.02. The lowest BCUT2D eigenvalue weighted by molar-refractivity contribution is -0.0503. The Balaban J connectivity index is 1.69. The van der Waals surface area contributed by atoms with E-state index in [0.29, 0.717) is 30.5 Å². The number of aliphatic hydroxyl groups excluding tert-OH is 1. The van der Waals surface area contributed by atoms with Crippen LogP contribution in [0, 0.1) is 11.8 Å². The predicted molar refractivity (Wildman–Crippen MR) is 87.7 cm³/mol. The number of allylic oxidation sites excluding steroid dienone is 1. The molecule has 6 rings (SSSR count). The molecule has 2 aromatic rings. The van der Waals surface area contributed by atoms with Gasteiger partial charge in [0.05, 0.1) is 6.04 Å². The van der Waals surface area contributed by atoms with E-state index in [2.05, 4.69) is 47.1 Å². The summed E-state index contributed by atoms with van der Waals surface area (Å²) in [5, 5.41) is 11.4. The number of nitrogens with one attached hydrogen (secondary N) is 1. The Morgan fingerprint density at radius 1 is 1.36 bits per heavy atom. The summed E-state index contributed by atoms with van der Waals surface area (Å²) >= 11 is 0. The van der Waals surface area contributed by atoms with E-state index >= 15 is 0 Å². The molecule has 22 heavy (non-hydrogen) atoms. The molecule has 3 saturated heterocycles. The lowest BCUT2D eigenvalue weighted by Gasteiger charge is -2.58. The number of piperidine rings is 3. The van der Waals surface area contributed by atoms with E-state index in [1.807, 2.05) is 0 Å². The molecule has 0 spiro atoms. The molecule has 1 aromatic heterocycles. The largest absolute Gasteiger partial charge is 0.396 e. The van der Waals surface area contributed by atoms with Gasteiger partial charge >= 0.3 is 0 Å². The molecule has 114 valence electrons. The molecule has 3 nitrogen and oxygen atoms in total. The number of aromatic amines is 1. The van der Waals surface area contributed by atoms with Gasteiger partial charge in [0, 0.05) is 41.7 Å². The summed E-state index contributed by atoms with van der Waals surface area (Å²) in [4.78, 5) is 6.35. The first-order chi connectivity index (χ1) is 10.8. The van der Waals surface area contributed by atoms with Crippen molar-refractivity contribution in [2.75, 3.05) is 13.2 Å². The van der Waals surface area contributed by atoms with Crippen LogP contribution in [0.4, 0.5) is 0 Å². The van der Waals surface area contributed by atoms with Crippen molar-refractivity contribution in [1.29, 1.82) is 0 Å². The van der Waals surface area contributed by atoms with Crippen molar-refractivity contribution in [3.63, 3.8) is 0 Å². The zero-order valence-corrected chi connectivity index (χ0v) is 12.9. The Morgan fingerprint density at radius 3 is 3.05 bits per heavy atom. The Morgan fingerprint density at radius 2 is 2.23 bits per heavy atom. The van der Waals surface area contributed by atoms with Crippen molar-refractivity contribution in [3.8, 4) is 0 Å². The van der Waals surface area contributed by atoms with Gasteiger partial charge in [0.2, 0.25) is 0 Å². The summed E-state index contributed by atoms with van der Waals surface area (Å²) in [6, 6.07) is 9.68. The van der Waals surface area contributed by atoms with Crippen LogP contribution < -0.4 is 0 Å². The van der Waals surface area contributed by atoms with Crippen molar-refractivity contribution >= 4 is 10.9 Å². The van der Waals surface area contributed by atoms with Crippen LogP contribution in [-0.4, -0.2) is 34.2 Å². The number of hydrogen-bond acceptors (Lipinski definition) is 2. The van der Waals surface area contributed by atoms with E-state index in [9.17, 15) is 5.11 Å². The highest BCUT2D eigenvalue weighted by molar-refractivity contribution is 5.85. The molecule has 4 bridgehead atoms. The monoisotopic (exact) mass is 294 g/mol. The molecule has 5 atom stereocenters. The Labute approximate surface area is 130 Å². The summed E-state index contributed by atoms with van der Waals surface area (Å²) in [7, 11) is 0. The molecule has 0 saturated carbocycles. The van der Waals surface area contributed by atoms with Gasteiger partial charge in [-0.1, -0.05) is 29.8 Å². The average molecular weight is 294 g/mol. The first-order valence-corrected chi connectivity index (χ1v) is 8.43. The van der Waals surface area contributed by atoms with E-state index in [4.69, 9.17) is 0 Å². The van der Waals surface area contributed by atoms with Gasteiger partial charge in [0.15, 0.2) is 0 Å². The molecule has 5 heterocycles. The second-order valence-electron chi connectivity index (χ2n) is 7.07. The van der Waals surface area contributed by atoms with Gasteiger partial charge in [-0.25, -0.2) is 0 Å². The maximum absolute atomic E-state index is 9.99. The highest BCUT2D eigenvalue weighted by atomic mass is 16.3. The Hall–Kier alpha value is -1.58. The van der Waals surface area contributed by atoms with E-state index in [-0.39, 0.29) is 0 Å². The average Bonchev–Trinajstić information content (AvgIpc) is 2.93. The minimum absolute atomic E-state index is 0.313. The maximum atomic E-state index is 9.99. The van der Waals surface area contributed by atoms with Crippen LogP contribution >= 0.6 is 0 Å². The highest BCUT2D eigenvalue weighted by Crippen LogP contribution is 2.53. The standard InChI is InChI=1S/C19H22N2O/c1-2-11-9-21-17-8-14-12-5-3-4-6-16(12)20-19(14)18(21)7-13(11)15(17)10-22/h2-6,13,15,17-18,20,22H,7-10H2,1H3/b11-2+/t13-,15-,17-,18-/m0/s1. The van der Waals surface area contributed by atoms with E-state index in [1.54, 1.807) is 0 Å². The number of aromatic nitrogens is 1. The number of fused-ring (bicyclic) bond motifs is 4. The molecule has 4 aliphatic rings. The summed E-state index contributed by atoms with van der Waals surface area (Å²) in [6.07, 6.45) is 4.51. The molecule has 0 radical (unpaired) electrons. The van der Waals surface area contributed by atoms with Crippen LogP contribution in [0.1, 0.15) is 30.6 Å². The molecular weight excluding hydrogens is 272 g/mol. The fourth-order valence-corrected chi connectivity index (χ4v) is 5.32. The van der Waals surface area contributed by atoms with E-state index < -0.39 is 0 Å². The number of H-pyrrole nitrogens is 1. The summed E-state index contributed by atoms with van der Waals surface area (Å²) in [5.41, 5.74) is 5.74. The first kappa shape index (κ1) is 12.9. The van der Waals surface area contributed by atoms with E-state index in [0.717, 1.165) is 19.4 Å². The third-order valence-electron chi connectivity index (χ3n) is 6.33. The molecule has 3 fully saturated rings. The molecule has 3 heteroatoms. The Kier molecular flexibility index (Phi) is 2.62. The van der Waals surface area contributed by atoms with Crippen LogP contribution in [0.3, 0.4) is 0 Å². The zero-order valence-electron chi connectivity index (χ0n) is 12.9. The molecule has 1 unspecified atom stereocenters. The summed E-state index contributed by atoms with van der Waals surface area (Å²) in [6.45, 7) is 3.55. The van der Waals surface area contributed by atoms with Gasteiger partial charge in [-0.15, -0.1) is 0 Å². The molecule has 0 amide bonds. The molecule has 4 aliphatic heterocycles. The molecule has 2 N–H and O–H groups in total. The minimum atomic E-state index is 0.313. The quantitative estimate of drug-likeness (QED) is 0.794.